The van der Waals surface area contributed by atoms with Gasteiger partial charge in [-0.3, -0.25) is 0 Å². The minimum absolute atomic E-state index is 0.101. The lowest BCUT2D eigenvalue weighted by atomic mass is 9.96. The first-order valence-corrected chi connectivity index (χ1v) is 5.78. The lowest BCUT2D eigenvalue weighted by molar-refractivity contribution is -0.0382. The monoisotopic (exact) mass is 213 g/mol. The Morgan fingerprint density at radius 3 is 3.07 bits per heavy atom. The highest BCUT2D eigenvalue weighted by molar-refractivity contribution is 7.09. The van der Waals surface area contributed by atoms with Crippen LogP contribution in [0.1, 0.15) is 23.5 Å². The Labute approximate surface area is 87.7 Å². The van der Waals surface area contributed by atoms with E-state index in [0.717, 1.165) is 36.6 Å². The number of nitrogens with zero attached hydrogens (tertiary/aromatic N) is 1. The summed E-state index contributed by atoms with van der Waals surface area (Å²) >= 11 is 1.65. The van der Waals surface area contributed by atoms with Crippen molar-refractivity contribution < 1.29 is 9.84 Å². The van der Waals surface area contributed by atoms with E-state index in [1.165, 1.54) is 0 Å². The Kier molecular flexibility index (Phi) is 2.85. The largest absolute Gasteiger partial charge is 0.393 e. The molecule has 1 aromatic heterocycles. The molecule has 1 fully saturated rings. The summed E-state index contributed by atoms with van der Waals surface area (Å²) in [6.45, 7) is 2.86. The molecular weight excluding hydrogens is 198 g/mol. The summed E-state index contributed by atoms with van der Waals surface area (Å²) in [7, 11) is 0. The van der Waals surface area contributed by atoms with E-state index in [1.807, 2.05) is 6.92 Å². The van der Waals surface area contributed by atoms with Crippen molar-refractivity contribution in [2.75, 3.05) is 13.2 Å². The minimum Gasteiger partial charge on any atom is -0.393 e. The van der Waals surface area contributed by atoms with Gasteiger partial charge >= 0.3 is 0 Å². The van der Waals surface area contributed by atoms with Gasteiger partial charge in [-0.05, 0) is 19.8 Å². The molecule has 1 aromatic rings. The first kappa shape index (κ1) is 10.1. The van der Waals surface area contributed by atoms with Crippen molar-refractivity contribution in [1.82, 2.24) is 4.98 Å². The van der Waals surface area contributed by atoms with Gasteiger partial charge in [-0.1, -0.05) is 0 Å². The van der Waals surface area contributed by atoms with Gasteiger partial charge < -0.3 is 9.84 Å². The van der Waals surface area contributed by atoms with Gasteiger partial charge in [0.2, 0.25) is 0 Å². The molecule has 1 N–H and O–H groups in total. The molecule has 2 rings (SSSR count). The average Bonchev–Trinajstić information content (AvgIpc) is 2.77. The van der Waals surface area contributed by atoms with E-state index in [-0.39, 0.29) is 12.2 Å². The Morgan fingerprint density at radius 1 is 1.71 bits per heavy atom. The number of aliphatic hydroxyl groups is 1. The minimum atomic E-state index is -0.347. The first-order chi connectivity index (χ1) is 6.74. The maximum Gasteiger partial charge on any atom is 0.0968 e. The van der Waals surface area contributed by atoms with Crippen molar-refractivity contribution in [3.63, 3.8) is 0 Å². The first-order valence-electron chi connectivity index (χ1n) is 4.90. The number of rotatable bonds is 3. The third kappa shape index (κ3) is 1.97. The lowest BCUT2D eigenvalue weighted by Crippen LogP contribution is -2.35. The van der Waals surface area contributed by atoms with Crippen LogP contribution in [0, 0.1) is 6.92 Å². The van der Waals surface area contributed by atoms with Gasteiger partial charge in [0.15, 0.2) is 0 Å². The summed E-state index contributed by atoms with van der Waals surface area (Å²) in [4.78, 5) is 4.39. The molecule has 1 aliphatic rings. The third-order valence-corrected chi connectivity index (χ3v) is 3.47. The van der Waals surface area contributed by atoms with Crippen molar-refractivity contribution in [2.45, 2.75) is 31.8 Å². The van der Waals surface area contributed by atoms with Crippen molar-refractivity contribution in [3.8, 4) is 0 Å². The molecule has 0 aliphatic carbocycles. The molecule has 0 amide bonds. The van der Waals surface area contributed by atoms with Crippen LogP contribution in [0.2, 0.25) is 0 Å². The second kappa shape index (κ2) is 3.96. The van der Waals surface area contributed by atoms with Crippen molar-refractivity contribution in [2.24, 2.45) is 0 Å². The fraction of sp³-hybridized carbons (Fsp3) is 0.700. The number of hydrogen-bond donors (Lipinski definition) is 1. The highest BCUT2D eigenvalue weighted by Gasteiger charge is 2.35. The van der Waals surface area contributed by atoms with Crippen LogP contribution < -0.4 is 0 Å². The smallest absolute Gasteiger partial charge is 0.0968 e. The molecule has 3 nitrogen and oxygen atoms in total. The SMILES string of the molecule is Cc1nc(CC2(CO)CCCO2)cs1. The highest BCUT2D eigenvalue weighted by atomic mass is 32.1. The Morgan fingerprint density at radius 2 is 2.57 bits per heavy atom. The molecule has 1 atom stereocenters. The Balaban J connectivity index is 2.08. The zero-order valence-corrected chi connectivity index (χ0v) is 9.14. The van der Waals surface area contributed by atoms with Crippen LogP contribution in [0.3, 0.4) is 0 Å². The molecule has 0 radical (unpaired) electrons. The molecule has 4 heteroatoms. The van der Waals surface area contributed by atoms with Gasteiger partial charge in [0.25, 0.3) is 0 Å². The van der Waals surface area contributed by atoms with Crippen LogP contribution in [0.4, 0.5) is 0 Å². The normalized spacial score (nSPS) is 27.0. The molecule has 0 bridgehead atoms. The van der Waals surface area contributed by atoms with Crippen LogP contribution in [0.15, 0.2) is 5.38 Å². The van der Waals surface area contributed by atoms with Gasteiger partial charge in [0, 0.05) is 18.4 Å². The Hall–Kier alpha value is -0.450. The zero-order valence-electron chi connectivity index (χ0n) is 8.32. The van der Waals surface area contributed by atoms with E-state index in [1.54, 1.807) is 11.3 Å². The molecule has 1 unspecified atom stereocenters. The zero-order chi connectivity index (χ0) is 10.0. The van der Waals surface area contributed by atoms with Crippen molar-refractivity contribution in [3.05, 3.63) is 16.1 Å². The fourth-order valence-corrected chi connectivity index (χ4v) is 2.51. The summed E-state index contributed by atoms with van der Waals surface area (Å²) in [5, 5.41) is 12.5. The summed E-state index contributed by atoms with van der Waals surface area (Å²) in [5.41, 5.74) is 0.698. The quantitative estimate of drug-likeness (QED) is 0.828. The summed E-state index contributed by atoms with van der Waals surface area (Å²) < 4.78 is 5.62. The maximum atomic E-state index is 9.34. The summed E-state index contributed by atoms with van der Waals surface area (Å²) in [6, 6.07) is 0. The van der Waals surface area contributed by atoms with Crippen LogP contribution in [0.25, 0.3) is 0 Å². The summed E-state index contributed by atoms with van der Waals surface area (Å²) in [6.07, 6.45) is 2.73. The maximum absolute atomic E-state index is 9.34. The van der Waals surface area contributed by atoms with E-state index in [2.05, 4.69) is 10.4 Å². The van der Waals surface area contributed by atoms with E-state index in [0.29, 0.717) is 0 Å². The number of aryl methyl sites for hydroxylation is 1. The van der Waals surface area contributed by atoms with E-state index < -0.39 is 0 Å². The summed E-state index contributed by atoms with van der Waals surface area (Å²) in [5.74, 6) is 0. The van der Waals surface area contributed by atoms with E-state index >= 15 is 0 Å². The number of thiazole rings is 1. The molecule has 0 spiro atoms. The van der Waals surface area contributed by atoms with Gasteiger partial charge in [0.05, 0.1) is 22.9 Å². The van der Waals surface area contributed by atoms with Crippen LogP contribution in [-0.2, 0) is 11.2 Å². The second-order valence-corrected chi connectivity index (χ2v) is 4.89. The fourth-order valence-electron chi connectivity index (χ4n) is 1.89. The molecule has 1 aliphatic heterocycles. The van der Waals surface area contributed by atoms with Crippen molar-refractivity contribution in [1.29, 1.82) is 0 Å². The van der Waals surface area contributed by atoms with Crippen LogP contribution in [-0.4, -0.2) is 28.9 Å². The van der Waals surface area contributed by atoms with Crippen LogP contribution in [0.5, 0.6) is 0 Å². The van der Waals surface area contributed by atoms with Gasteiger partial charge in [-0.2, -0.15) is 0 Å². The highest BCUT2D eigenvalue weighted by Crippen LogP contribution is 2.29. The number of aliphatic hydroxyl groups excluding tert-OH is 1. The molecule has 14 heavy (non-hydrogen) atoms. The molecule has 1 saturated heterocycles. The number of ether oxygens (including phenoxy) is 1. The Bertz CT molecular complexity index is 305. The molecular formula is C10H15NO2S. The standard InChI is InChI=1S/C10H15NO2S/c1-8-11-9(6-14-8)5-10(7-12)3-2-4-13-10/h6,12H,2-5,7H2,1H3. The molecule has 2 heterocycles. The molecule has 0 aromatic carbocycles. The van der Waals surface area contributed by atoms with E-state index in [4.69, 9.17) is 4.74 Å². The average molecular weight is 213 g/mol. The molecule has 78 valence electrons. The van der Waals surface area contributed by atoms with Gasteiger partial charge in [-0.25, -0.2) is 4.98 Å². The number of hydrogen-bond acceptors (Lipinski definition) is 4. The van der Waals surface area contributed by atoms with E-state index in [9.17, 15) is 5.11 Å². The van der Waals surface area contributed by atoms with Crippen molar-refractivity contribution >= 4 is 11.3 Å². The predicted molar refractivity (Wildman–Crippen MR) is 55.6 cm³/mol. The number of aromatic nitrogens is 1. The van der Waals surface area contributed by atoms with Gasteiger partial charge in [0.1, 0.15) is 0 Å². The lowest BCUT2D eigenvalue weighted by Gasteiger charge is -2.24. The van der Waals surface area contributed by atoms with Gasteiger partial charge in [-0.15, -0.1) is 11.3 Å². The second-order valence-electron chi connectivity index (χ2n) is 3.83. The van der Waals surface area contributed by atoms with Crippen LogP contribution >= 0.6 is 11.3 Å². The predicted octanol–water partition coefficient (Wildman–Crippen LogP) is 1.54. The molecule has 0 saturated carbocycles. The topological polar surface area (TPSA) is 42.4 Å². The third-order valence-electron chi connectivity index (χ3n) is 2.64.